The van der Waals surface area contributed by atoms with Crippen LogP contribution in [0.15, 0.2) is 60.7 Å². The maximum atomic E-state index is 11.0. The third kappa shape index (κ3) is 4.19. The van der Waals surface area contributed by atoms with E-state index in [2.05, 4.69) is 45.0 Å². The number of ether oxygens (including phenoxy) is 3. The van der Waals surface area contributed by atoms with Gasteiger partial charge in [0.2, 0.25) is 0 Å². The first-order valence-electron chi connectivity index (χ1n) is 11.2. The molecule has 2 saturated heterocycles. The van der Waals surface area contributed by atoms with Gasteiger partial charge in [-0.3, -0.25) is 0 Å². The first kappa shape index (κ1) is 23.6. The van der Waals surface area contributed by atoms with Crippen LogP contribution in [0.3, 0.4) is 0 Å². The lowest BCUT2D eigenvalue weighted by Gasteiger charge is -2.43. The lowest BCUT2D eigenvalue weighted by molar-refractivity contribution is -0.227. The van der Waals surface area contributed by atoms with Crippen LogP contribution in [0.5, 0.6) is 0 Å². The molecule has 7 heteroatoms. The summed E-state index contributed by atoms with van der Waals surface area (Å²) in [6.07, 6.45) is -4.21. The molecular formula is C25H34O6Si. The fourth-order valence-corrected chi connectivity index (χ4v) is 9.48. The zero-order valence-electron chi connectivity index (χ0n) is 19.4. The van der Waals surface area contributed by atoms with Crippen molar-refractivity contribution in [2.24, 2.45) is 0 Å². The number of aliphatic hydroxyl groups excluding tert-OH is 2. The highest BCUT2D eigenvalue weighted by molar-refractivity contribution is 6.99. The molecule has 0 saturated carbocycles. The second-order valence-electron chi connectivity index (χ2n) is 10.1. The number of hydrogen-bond acceptors (Lipinski definition) is 6. The molecule has 174 valence electrons. The summed E-state index contributed by atoms with van der Waals surface area (Å²) in [7, 11) is -2.80. The van der Waals surface area contributed by atoms with Crippen LogP contribution in [0.1, 0.15) is 34.6 Å². The van der Waals surface area contributed by atoms with E-state index in [4.69, 9.17) is 18.6 Å². The molecule has 0 aliphatic carbocycles. The predicted octanol–water partition coefficient (Wildman–Crippen LogP) is 2.16. The minimum atomic E-state index is -2.80. The minimum absolute atomic E-state index is 0.0256. The van der Waals surface area contributed by atoms with Gasteiger partial charge in [-0.05, 0) is 29.3 Å². The summed E-state index contributed by atoms with van der Waals surface area (Å²) in [5.41, 5.74) is 0. The Morgan fingerprint density at radius 1 is 0.969 bits per heavy atom. The summed E-state index contributed by atoms with van der Waals surface area (Å²) in [5, 5.41) is 23.8. The highest BCUT2D eigenvalue weighted by Crippen LogP contribution is 2.40. The van der Waals surface area contributed by atoms with Gasteiger partial charge < -0.3 is 28.8 Å². The van der Waals surface area contributed by atoms with Gasteiger partial charge in [-0.25, -0.2) is 0 Å². The lowest BCUT2D eigenvalue weighted by Crippen LogP contribution is -2.67. The van der Waals surface area contributed by atoms with Gasteiger partial charge in [0, 0.05) is 0 Å². The standard InChI is InChI=1S/C25H34O6Si/c1-24(2,3)32(17-12-8-6-9-13-17,18-14-10-7-11-15-18)28-16-19(26)21-20(27)22-23(29-21)31-25(4,5)30-22/h6-15,19-23,26-27H,16H2,1-5H3/t19-,20+,21-,22-,23-/m1/s1. The maximum absolute atomic E-state index is 11.0. The molecule has 2 aromatic rings. The van der Waals surface area contributed by atoms with Crippen molar-refractivity contribution in [3.05, 3.63) is 60.7 Å². The molecule has 6 nitrogen and oxygen atoms in total. The van der Waals surface area contributed by atoms with Crippen LogP contribution in [0.4, 0.5) is 0 Å². The van der Waals surface area contributed by atoms with Crippen LogP contribution in [-0.4, -0.2) is 61.6 Å². The topological polar surface area (TPSA) is 77.4 Å². The molecule has 2 aromatic carbocycles. The van der Waals surface area contributed by atoms with Gasteiger partial charge in [0.05, 0.1) is 6.61 Å². The maximum Gasteiger partial charge on any atom is 0.261 e. The smallest absolute Gasteiger partial charge is 0.261 e. The Balaban J connectivity index is 1.60. The summed E-state index contributed by atoms with van der Waals surface area (Å²) >= 11 is 0. The van der Waals surface area contributed by atoms with Crippen molar-refractivity contribution in [2.45, 2.75) is 76.1 Å². The first-order chi connectivity index (χ1) is 15.1. The number of aliphatic hydroxyl groups is 2. The molecule has 0 unspecified atom stereocenters. The van der Waals surface area contributed by atoms with Crippen molar-refractivity contribution in [3.8, 4) is 0 Å². The monoisotopic (exact) mass is 458 g/mol. The van der Waals surface area contributed by atoms with Gasteiger partial charge in [0.25, 0.3) is 8.32 Å². The Kier molecular flexibility index (Phi) is 6.37. The second-order valence-corrected chi connectivity index (χ2v) is 14.4. The second kappa shape index (κ2) is 8.65. The van der Waals surface area contributed by atoms with Gasteiger partial charge in [-0.2, -0.15) is 0 Å². The summed E-state index contributed by atoms with van der Waals surface area (Å²) in [6, 6.07) is 20.5. The van der Waals surface area contributed by atoms with Crippen molar-refractivity contribution >= 4 is 18.7 Å². The molecule has 2 aliphatic rings. The molecule has 0 radical (unpaired) electrons. The molecule has 0 amide bonds. The highest BCUT2D eigenvalue weighted by Gasteiger charge is 2.57. The van der Waals surface area contributed by atoms with Crippen LogP contribution in [0.2, 0.25) is 5.04 Å². The van der Waals surface area contributed by atoms with Crippen LogP contribution < -0.4 is 10.4 Å². The van der Waals surface area contributed by atoms with Gasteiger partial charge in [-0.1, -0.05) is 81.4 Å². The molecule has 32 heavy (non-hydrogen) atoms. The molecule has 0 spiro atoms. The molecule has 4 rings (SSSR count). The summed E-state index contributed by atoms with van der Waals surface area (Å²) in [5.74, 6) is -0.822. The van der Waals surface area contributed by atoms with E-state index >= 15 is 0 Å². The Labute approximate surface area is 191 Å². The third-order valence-electron chi connectivity index (χ3n) is 6.32. The number of hydrogen-bond donors (Lipinski definition) is 2. The summed E-state index contributed by atoms with van der Waals surface area (Å²) in [4.78, 5) is 0. The minimum Gasteiger partial charge on any atom is -0.405 e. The van der Waals surface area contributed by atoms with Gasteiger partial charge in [-0.15, -0.1) is 0 Å². The van der Waals surface area contributed by atoms with Gasteiger partial charge in [0.15, 0.2) is 12.1 Å². The Bertz CT molecular complexity index is 858. The average Bonchev–Trinajstić information content (AvgIpc) is 3.21. The van der Waals surface area contributed by atoms with Crippen molar-refractivity contribution in [1.29, 1.82) is 0 Å². The van der Waals surface area contributed by atoms with E-state index in [-0.39, 0.29) is 11.6 Å². The number of benzene rings is 2. The summed E-state index contributed by atoms with van der Waals surface area (Å²) in [6.45, 7) is 10.1. The summed E-state index contributed by atoms with van der Waals surface area (Å²) < 4.78 is 24.1. The van der Waals surface area contributed by atoms with Crippen molar-refractivity contribution < 1.29 is 28.8 Å². The van der Waals surface area contributed by atoms with E-state index in [1.54, 1.807) is 13.8 Å². The normalized spacial score (nSPS) is 28.5. The van der Waals surface area contributed by atoms with Crippen LogP contribution in [-0.2, 0) is 18.6 Å². The van der Waals surface area contributed by atoms with E-state index in [0.717, 1.165) is 10.4 Å². The largest absolute Gasteiger partial charge is 0.405 e. The fraction of sp³-hybridized carbons (Fsp3) is 0.520. The van der Waals surface area contributed by atoms with E-state index in [9.17, 15) is 10.2 Å². The molecule has 2 fully saturated rings. The number of rotatable bonds is 6. The Morgan fingerprint density at radius 2 is 1.50 bits per heavy atom. The van der Waals surface area contributed by atoms with Gasteiger partial charge >= 0.3 is 0 Å². The number of fused-ring (bicyclic) bond motifs is 1. The predicted molar refractivity (Wildman–Crippen MR) is 124 cm³/mol. The van der Waals surface area contributed by atoms with Crippen molar-refractivity contribution in [1.82, 2.24) is 0 Å². The third-order valence-corrected chi connectivity index (χ3v) is 11.3. The van der Waals surface area contributed by atoms with E-state index in [1.165, 1.54) is 0 Å². The average molecular weight is 459 g/mol. The molecule has 0 aromatic heterocycles. The quantitative estimate of drug-likeness (QED) is 0.646. The SMILES string of the molecule is CC1(C)O[C@H]2O[C@H]([C@H](O)CO[Si](c3ccccc3)(c3ccccc3)C(C)(C)C)[C@H](O)[C@H]2O1. The van der Waals surface area contributed by atoms with Crippen LogP contribution in [0, 0.1) is 0 Å². The Hall–Kier alpha value is -1.58. The van der Waals surface area contributed by atoms with Crippen molar-refractivity contribution in [3.63, 3.8) is 0 Å². The molecule has 0 bridgehead atoms. The fourth-order valence-electron chi connectivity index (χ4n) is 4.90. The molecule has 2 N–H and O–H groups in total. The Morgan fingerprint density at radius 3 is 1.97 bits per heavy atom. The van der Waals surface area contributed by atoms with E-state index in [0.29, 0.717) is 0 Å². The lowest BCUT2D eigenvalue weighted by atomic mass is 10.1. The van der Waals surface area contributed by atoms with E-state index < -0.39 is 44.8 Å². The highest BCUT2D eigenvalue weighted by atomic mass is 28.4. The zero-order chi connectivity index (χ0) is 23.1. The molecule has 5 atom stereocenters. The molecular weight excluding hydrogens is 424 g/mol. The first-order valence-corrected chi connectivity index (χ1v) is 13.1. The molecule has 2 heterocycles. The van der Waals surface area contributed by atoms with Crippen LogP contribution in [0.25, 0.3) is 0 Å². The van der Waals surface area contributed by atoms with E-state index in [1.807, 2.05) is 36.4 Å². The van der Waals surface area contributed by atoms with Crippen molar-refractivity contribution in [2.75, 3.05) is 6.61 Å². The van der Waals surface area contributed by atoms with Gasteiger partial charge in [0.1, 0.15) is 24.4 Å². The zero-order valence-corrected chi connectivity index (χ0v) is 20.4. The van der Waals surface area contributed by atoms with Crippen LogP contribution >= 0.6 is 0 Å². The molecule has 2 aliphatic heterocycles.